The maximum absolute atomic E-state index is 11.8. The monoisotopic (exact) mass is 215 g/mol. The van der Waals surface area contributed by atoms with Gasteiger partial charge in [-0.15, -0.1) is 0 Å². The summed E-state index contributed by atoms with van der Waals surface area (Å²) >= 11 is 0. The highest BCUT2D eigenvalue weighted by Gasteiger charge is 2.17. The van der Waals surface area contributed by atoms with E-state index in [1.807, 2.05) is 12.1 Å². The van der Waals surface area contributed by atoms with E-state index in [1.54, 1.807) is 17.0 Å². The average molecular weight is 215 g/mol. The number of benzene rings is 1. The van der Waals surface area contributed by atoms with E-state index >= 15 is 0 Å². The third-order valence-electron chi connectivity index (χ3n) is 2.64. The van der Waals surface area contributed by atoms with Crippen molar-refractivity contribution in [2.45, 2.75) is 6.42 Å². The van der Waals surface area contributed by atoms with Gasteiger partial charge >= 0.3 is 0 Å². The van der Waals surface area contributed by atoms with Gasteiger partial charge in [0, 0.05) is 31.7 Å². The number of rotatable bonds is 1. The highest BCUT2D eigenvalue weighted by molar-refractivity contribution is 5.93. The van der Waals surface area contributed by atoms with Crippen molar-refractivity contribution in [3.8, 4) is 6.07 Å². The van der Waals surface area contributed by atoms with Crippen molar-refractivity contribution in [3.05, 3.63) is 29.8 Å². The highest BCUT2D eigenvalue weighted by atomic mass is 16.2. The minimum atomic E-state index is 0.134. The molecule has 2 rings (SSSR count). The van der Waals surface area contributed by atoms with Gasteiger partial charge < -0.3 is 10.2 Å². The maximum Gasteiger partial charge on any atom is 0.228 e. The molecule has 1 N–H and O–H groups in total. The molecule has 16 heavy (non-hydrogen) atoms. The number of nitriles is 1. The number of hydrogen-bond donors (Lipinski definition) is 1. The van der Waals surface area contributed by atoms with Gasteiger partial charge in [-0.3, -0.25) is 4.79 Å². The second-order valence-corrected chi connectivity index (χ2v) is 3.70. The van der Waals surface area contributed by atoms with Crippen molar-refractivity contribution in [1.82, 2.24) is 5.32 Å². The van der Waals surface area contributed by atoms with Gasteiger partial charge in [-0.2, -0.15) is 5.26 Å². The van der Waals surface area contributed by atoms with Crippen molar-refractivity contribution in [3.63, 3.8) is 0 Å². The first kappa shape index (κ1) is 10.7. The minimum Gasteiger partial charge on any atom is -0.314 e. The molecule has 0 aromatic heterocycles. The lowest BCUT2D eigenvalue weighted by Crippen LogP contribution is -2.32. The summed E-state index contributed by atoms with van der Waals surface area (Å²) in [6.45, 7) is 2.24. The average Bonchev–Trinajstić information content (AvgIpc) is 2.54. The predicted octanol–water partition coefficient (Wildman–Crippen LogP) is 0.885. The normalized spacial score (nSPS) is 16.7. The van der Waals surface area contributed by atoms with Crippen molar-refractivity contribution in [1.29, 1.82) is 5.26 Å². The van der Waals surface area contributed by atoms with E-state index in [1.165, 1.54) is 0 Å². The molecular weight excluding hydrogens is 202 g/mol. The van der Waals surface area contributed by atoms with E-state index in [-0.39, 0.29) is 5.91 Å². The van der Waals surface area contributed by atoms with Gasteiger partial charge in [-0.1, -0.05) is 0 Å². The van der Waals surface area contributed by atoms with Gasteiger partial charge in [-0.25, -0.2) is 0 Å². The van der Waals surface area contributed by atoms with Crippen LogP contribution in [0.1, 0.15) is 12.0 Å². The molecule has 1 aliphatic heterocycles. The van der Waals surface area contributed by atoms with Gasteiger partial charge in [0.1, 0.15) is 0 Å². The summed E-state index contributed by atoms with van der Waals surface area (Å²) in [5.41, 5.74) is 1.48. The lowest BCUT2D eigenvalue weighted by Gasteiger charge is -2.20. The molecule has 0 bridgehead atoms. The van der Waals surface area contributed by atoms with Crippen molar-refractivity contribution in [2.75, 3.05) is 24.5 Å². The Morgan fingerprint density at radius 3 is 2.69 bits per heavy atom. The Morgan fingerprint density at radius 2 is 2.00 bits per heavy atom. The second-order valence-electron chi connectivity index (χ2n) is 3.70. The maximum atomic E-state index is 11.8. The van der Waals surface area contributed by atoms with Gasteiger partial charge in [-0.05, 0) is 24.3 Å². The van der Waals surface area contributed by atoms with Crippen LogP contribution in [0.15, 0.2) is 24.3 Å². The Morgan fingerprint density at radius 1 is 1.25 bits per heavy atom. The summed E-state index contributed by atoms with van der Waals surface area (Å²) in [6.07, 6.45) is 0.528. The van der Waals surface area contributed by atoms with Crippen molar-refractivity contribution < 1.29 is 4.79 Å². The standard InChI is InChI=1S/C12H13N3O/c13-9-10-1-3-11(4-2-10)15-8-7-14-6-5-12(15)16/h1-4,14H,5-8H2. The number of nitrogens with one attached hydrogen (secondary N) is 1. The minimum absolute atomic E-state index is 0.134. The first-order valence-corrected chi connectivity index (χ1v) is 5.32. The molecule has 0 atom stereocenters. The zero-order valence-electron chi connectivity index (χ0n) is 8.94. The van der Waals surface area contributed by atoms with Gasteiger partial charge in [0.25, 0.3) is 0 Å². The molecule has 0 unspecified atom stereocenters. The fourth-order valence-corrected chi connectivity index (χ4v) is 1.76. The molecule has 1 fully saturated rings. The predicted molar refractivity (Wildman–Crippen MR) is 61.0 cm³/mol. The SMILES string of the molecule is N#Cc1ccc(N2CCNCCC2=O)cc1. The van der Waals surface area contributed by atoms with Gasteiger partial charge in [0.2, 0.25) is 5.91 Å². The van der Waals surface area contributed by atoms with E-state index < -0.39 is 0 Å². The highest BCUT2D eigenvalue weighted by Crippen LogP contribution is 2.16. The molecule has 1 aliphatic rings. The summed E-state index contributed by atoms with van der Waals surface area (Å²) in [5, 5.41) is 11.9. The van der Waals surface area contributed by atoms with Crippen LogP contribution in [0.2, 0.25) is 0 Å². The van der Waals surface area contributed by atoms with E-state index in [9.17, 15) is 4.79 Å². The first-order chi connectivity index (χ1) is 7.81. The van der Waals surface area contributed by atoms with Crippen LogP contribution in [-0.2, 0) is 4.79 Å². The van der Waals surface area contributed by atoms with E-state index in [0.717, 1.165) is 18.8 Å². The number of carbonyl (C=O) groups is 1. The third-order valence-corrected chi connectivity index (χ3v) is 2.64. The van der Waals surface area contributed by atoms with Gasteiger partial charge in [0.15, 0.2) is 0 Å². The van der Waals surface area contributed by atoms with Crippen LogP contribution in [-0.4, -0.2) is 25.5 Å². The zero-order valence-corrected chi connectivity index (χ0v) is 8.94. The Labute approximate surface area is 94.5 Å². The van der Waals surface area contributed by atoms with E-state index in [4.69, 9.17) is 5.26 Å². The summed E-state index contributed by atoms with van der Waals surface area (Å²) < 4.78 is 0. The van der Waals surface area contributed by atoms with E-state index in [2.05, 4.69) is 11.4 Å². The van der Waals surface area contributed by atoms with Crippen LogP contribution < -0.4 is 10.2 Å². The molecule has 82 valence electrons. The van der Waals surface area contributed by atoms with Crippen LogP contribution in [0.25, 0.3) is 0 Å². The molecular formula is C12H13N3O. The molecule has 0 radical (unpaired) electrons. The quantitative estimate of drug-likeness (QED) is 0.756. The van der Waals surface area contributed by atoms with Crippen molar-refractivity contribution in [2.24, 2.45) is 0 Å². The third kappa shape index (κ3) is 2.20. The molecule has 1 aromatic carbocycles. The number of carbonyl (C=O) groups excluding carboxylic acids is 1. The van der Waals surface area contributed by atoms with E-state index in [0.29, 0.717) is 18.5 Å². The molecule has 1 aromatic rings. The van der Waals surface area contributed by atoms with Crippen molar-refractivity contribution >= 4 is 11.6 Å². The Kier molecular flexibility index (Phi) is 3.18. The van der Waals surface area contributed by atoms with Gasteiger partial charge in [0.05, 0.1) is 11.6 Å². The molecule has 0 spiro atoms. The lowest BCUT2D eigenvalue weighted by atomic mass is 10.2. The fraction of sp³-hybridized carbons (Fsp3) is 0.333. The molecule has 1 amide bonds. The molecule has 1 heterocycles. The Bertz CT molecular complexity index is 419. The zero-order chi connectivity index (χ0) is 11.4. The summed E-state index contributed by atoms with van der Waals surface area (Å²) in [7, 11) is 0. The van der Waals surface area contributed by atoms with Crippen LogP contribution >= 0.6 is 0 Å². The van der Waals surface area contributed by atoms with Crippen LogP contribution in [0.3, 0.4) is 0 Å². The number of amides is 1. The molecule has 1 saturated heterocycles. The van der Waals surface area contributed by atoms with Crippen LogP contribution in [0.5, 0.6) is 0 Å². The van der Waals surface area contributed by atoms with Crippen LogP contribution in [0, 0.1) is 11.3 Å². The lowest BCUT2D eigenvalue weighted by molar-refractivity contribution is -0.118. The summed E-state index contributed by atoms with van der Waals surface area (Å²) in [4.78, 5) is 13.6. The number of anilines is 1. The molecule has 4 heteroatoms. The molecule has 0 saturated carbocycles. The molecule has 4 nitrogen and oxygen atoms in total. The fourth-order valence-electron chi connectivity index (χ4n) is 1.76. The topological polar surface area (TPSA) is 56.1 Å². The Hall–Kier alpha value is -1.86. The molecule has 0 aliphatic carbocycles. The Balaban J connectivity index is 2.21. The first-order valence-electron chi connectivity index (χ1n) is 5.32. The second kappa shape index (κ2) is 4.77. The largest absolute Gasteiger partial charge is 0.314 e. The van der Waals surface area contributed by atoms with Crippen LogP contribution in [0.4, 0.5) is 5.69 Å². The summed E-state index contributed by atoms with van der Waals surface area (Å²) in [6, 6.07) is 9.18. The number of nitrogens with zero attached hydrogens (tertiary/aromatic N) is 2. The number of hydrogen-bond acceptors (Lipinski definition) is 3. The smallest absolute Gasteiger partial charge is 0.228 e. The summed E-state index contributed by atoms with van der Waals surface area (Å²) in [5.74, 6) is 0.134.